The highest BCUT2D eigenvalue weighted by atomic mass is 28.2. The van der Waals surface area contributed by atoms with Gasteiger partial charge in [-0.2, -0.15) is 0 Å². The Morgan fingerprint density at radius 1 is 1.33 bits per heavy atom. The van der Waals surface area contributed by atoms with Crippen LogP contribution in [-0.2, 0) is 9.16 Å². The first-order valence-electron chi connectivity index (χ1n) is 3.57. The van der Waals surface area contributed by atoms with Crippen LogP contribution in [0.5, 0.6) is 0 Å². The van der Waals surface area contributed by atoms with Crippen LogP contribution in [0.2, 0.25) is 6.04 Å². The van der Waals surface area contributed by atoms with Crippen LogP contribution in [0.25, 0.3) is 0 Å². The highest BCUT2D eigenvalue weighted by molar-refractivity contribution is 6.26. The summed E-state index contributed by atoms with van der Waals surface area (Å²) in [5.41, 5.74) is 0. The molecule has 56 valence electrons. The van der Waals surface area contributed by atoms with Crippen molar-refractivity contribution in [2.24, 2.45) is 0 Å². The Morgan fingerprint density at radius 3 is 2.67 bits per heavy atom. The predicted molar refractivity (Wildman–Crippen MR) is 41.2 cm³/mol. The van der Waals surface area contributed by atoms with Gasteiger partial charge in [0.15, 0.2) is 9.76 Å². The van der Waals surface area contributed by atoms with E-state index in [0.29, 0.717) is 6.79 Å². The van der Waals surface area contributed by atoms with E-state index < -0.39 is 0 Å². The van der Waals surface area contributed by atoms with Crippen molar-refractivity contribution in [1.82, 2.24) is 0 Å². The van der Waals surface area contributed by atoms with Crippen LogP contribution >= 0.6 is 0 Å². The van der Waals surface area contributed by atoms with E-state index in [9.17, 15) is 0 Å². The minimum Gasteiger partial charge on any atom is -0.402 e. The molecule has 0 atom stereocenters. The Hall–Kier alpha value is 0.137. The van der Waals surface area contributed by atoms with Crippen LogP contribution in [0.3, 0.4) is 0 Å². The fraction of sp³-hybridized carbons (Fsp3) is 1.00. The van der Waals surface area contributed by atoms with Gasteiger partial charge in [0.1, 0.15) is 6.79 Å². The van der Waals surface area contributed by atoms with Crippen molar-refractivity contribution in [3.05, 3.63) is 0 Å². The summed E-state index contributed by atoms with van der Waals surface area (Å²) >= 11 is 0. The van der Waals surface area contributed by atoms with Gasteiger partial charge in [-0.15, -0.1) is 0 Å². The van der Waals surface area contributed by atoms with Crippen LogP contribution in [-0.4, -0.2) is 23.2 Å². The summed E-state index contributed by atoms with van der Waals surface area (Å²) in [4.78, 5) is 0. The quantitative estimate of drug-likeness (QED) is 0.317. The molecule has 3 heteroatoms. The summed E-state index contributed by atoms with van der Waals surface area (Å²) in [6.45, 7) is 5.59. The molecule has 0 radical (unpaired) electrons. The predicted octanol–water partition coefficient (Wildman–Crippen LogP) is 0.909. The molecule has 0 heterocycles. The fourth-order valence-electron chi connectivity index (χ4n) is 0.465. The van der Waals surface area contributed by atoms with Gasteiger partial charge in [0.05, 0.1) is 0 Å². The van der Waals surface area contributed by atoms with Crippen molar-refractivity contribution in [3.63, 3.8) is 0 Å². The third-order valence-corrected chi connectivity index (χ3v) is 1.73. The summed E-state index contributed by atoms with van der Waals surface area (Å²) in [7, 11) is -0.231. The monoisotopic (exact) mass is 148 g/mol. The standard InChI is InChI=1S/C6H16O2Si/c1-3-5-7-6-8-9-4-2/h3-6,9H2,1-2H3. The molecule has 0 aliphatic heterocycles. The summed E-state index contributed by atoms with van der Waals surface area (Å²) in [6, 6.07) is 1.20. The minimum absolute atomic E-state index is 0.231. The molecule has 0 saturated heterocycles. The van der Waals surface area contributed by atoms with E-state index in [1.54, 1.807) is 0 Å². The molecule has 9 heavy (non-hydrogen) atoms. The first kappa shape index (κ1) is 9.14. The molecular formula is C6H16O2Si. The molecule has 0 aromatic rings. The van der Waals surface area contributed by atoms with Crippen LogP contribution in [0, 0.1) is 0 Å². The van der Waals surface area contributed by atoms with E-state index in [1.807, 2.05) is 0 Å². The van der Waals surface area contributed by atoms with Gasteiger partial charge >= 0.3 is 0 Å². The molecule has 0 amide bonds. The largest absolute Gasteiger partial charge is 0.402 e. The molecule has 0 aromatic carbocycles. The maximum Gasteiger partial charge on any atom is 0.164 e. The Labute approximate surface area is 59.5 Å². The van der Waals surface area contributed by atoms with Crippen molar-refractivity contribution in [3.8, 4) is 0 Å². The lowest BCUT2D eigenvalue weighted by Gasteiger charge is -2.01. The molecular weight excluding hydrogens is 132 g/mol. The summed E-state index contributed by atoms with van der Waals surface area (Å²) in [5, 5.41) is 0. The van der Waals surface area contributed by atoms with Gasteiger partial charge in [-0.3, -0.25) is 0 Å². The Kier molecular flexibility index (Phi) is 8.26. The number of ether oxygens (including phenoxy) is 1. The average Bonchev–Trinajstić information content (AvgIpc) is 1.89. The SMILES string of the molecule is CCCOCO[SiH2]CC. The van der Waals surface area contributed by atoms with Gasteiger partial charge in [0.25, 0.3) is 0 Å². The van der Waals surface area contributed by atoms with E-state index in [0.717, 1.165) is 13.0 Å². The summed E-state index contributed by atoms with van der Waals surface area (Å²) < 4.78 is 10.3. The van der Waals surface area contributed by atoms with Gasteiger partial charge in [0, 0.05) is 6.61 Å². The van der Waals surface area contributed by atoms with E-state index in [2.05, 4.69) is 13.8 Å². The normalized spacial score (nSPS) is 11.3. The van der Waals surface area contributed by atoms with Crippen molar-refractivity contribution in [1.29, 1.82) is 0 Å². The molecule has 0 rings (SSSR count). The highest BCUT2D eigenvalue weighted by Crippen LogP contribution is 1.82. The average molecular weight is 148 g/mol. The Bertz CT molecular complexity index is 44.3. The van der Waals surface area contributed by atoms with Crippen LogP contribution in [0.1, 0.15) is 20.3 Å². The van der Waals surface area contributed by atoms with Gasteiger partial charge in [0.2, 0.25) is 0 Å². The van der Waals surface area contributed by atoms with Crippen molar-refractivity contribution < 1.29 is 9.16 Å². The molecule has 0 unspecified atom stereocenters. The number of rotatable bonds is 6. The smallest absolute Gasteiger partial charge is 0.164 e. The van der Waals surface area contributed by atoms with Gasteiger partial charge < -0.3 is 9.16 Å². The number of hydrogen-bond donors (Lipinski definition) is 0. The van der Waals surface area contributed by atoms with Gasteiger partial charge in [-0.25, -0.2) is 0 Å². The molecule has 0 spiro atoms. The van der Waals surface area contributed by atoms with E-state index in [1.165, 1.54) is 6.04 Å². The van der Waals surface area contributed by atoms with Crippen molar-refractivity contribution in [2.75, 3.05) is 13.4 Å². The second-order valence-corrected chi connectivity index (χ2v) is 3.75. The fourth-order valence-corrected chi connectivity index (χ4v) is 0.990. The second kappa shape index (κ2) is 8.14. The van der Waals surface area contributed by atoms with E-state index >= 15 is 0 Å². The zero-order valence-corrected chi connectivity index (χ0v) is 7.77. The molecule has 0 bridgehead atoms. The Balaban J connectivity index is 2.60. The lowest BCUT2D eigenvalue weighted by molar-refractivity contribution is 0.0174. The third kappa shape index (κ3) is 8.14. The Morgan fingerprint density at radius 2 is 2.11 bits per heavy atom. The molecule has 0 aliphatic carbocycles. The van der Waals surface area contributed by atoms with Gasteiger partial charge in [-0.05, 0) is 12.5 Å². The summed E-state index contributed by atoms with van der Waals surface area (Å²) in [5.74, 6) is 0. The third-order valence-electron chi connectivity index (χ3n) is 0.864. The molecule has 2 nitrogen and oxygen atoms in total. The van der Waals surface area contributed by atoms with Crippen LogP contribution in [0.15, 0.2) is 0 Å². The molecule has 0 N–H and O–H groups in total. The minimum atomic E-state index is -0.231. The first-order valence-corrected chi connectivity index (χ1v) is 5.15. The molecule has 0 fully saturated rings. The molecule has 0 aliphatic rings. The van der Waals surface area contributed by atoms with E-state index in [4.69, 9.17) is 9.16 Å². The van der Waals surface area contributed by atoms with Crippen molar-refractivity contribution in [2.45, 2.75) is 26.3 Å². The van der Waals surface area contributed by atoms with Crippen molar-refractivity contribution >= 4 is 9.76 Å². The molecule has 0 aromatic heterocycles. The van der Waals surface area contributed by atoms with Crippen LogP contribution < -0.4 is 0 Å². The zero-order valence-electron chi connectivity index (χ0n) is 6.35. The maximum atomic E-state index is 5.20. The second-order valence-electron chi connectivity index (χ2n) is 1.93. The highest BCUT2D eigenvalue weighted by Gasteiger charge is 1.83. The topological polar surface area (TPSA) is 18.5 Å². The lowest BCUT2D eigenvalue weighted by Crippen LogP contribution is -2.03. The lowest BCUT2D eigenvalue weighted by atomic mass is 10.5. The molecule has 0 saturated carbocycles. The zero-order chi connectivity index (χ0) is 6.95. The maximum absolute atomic E-state index is 5.20. The summed E-state index contributed by atoms with van der Waals surface area (Å²) in [6.07, 6.45) is 1.08. The van der Waals surface area contributed by atoms with Gasteiger partial charge in [-0.1, -0.05) is 13.8 Å². The van der Waals surface area contributed by atoms with E-state index in [-0.39, 0.29) is 9.76 Å². The number of hydrogen-bond acceptors (Lipinski definition) is 2. The van der Waals surface area contributed by atoms with Crippen LogP contribution in [0.4, 0.5) is 0 Å². The first-order chi connectivity index (χ1) is 4.41.